The Morgan fingerprint density at radius 1 is 0.588 bits per heavy atom. The summed E-state index contributed by atoms with van der Waals surface area (Å²) in [5, 5.41) is 9.33. The largest absolute Gasteiger partial charge is 0.351 e. The zero-order valence-electron chi connectivity index (χ0n) is 37.1. The number of hydrogen-bond donors (Lipinski definition) is 3. The van der Waals surface area contributed by atoms with Gasteiger partial charge >= 0.3 is 0 Å². The van der Waals surface area contributed by atoms with E-state index in [2.05, 4.69) is 84.8 Å². The van der Waals surface area contributed by atoms with Crippen molar-refractivity contribution in [1.29, 1.82) is 0 Å². The number of allylic oxidation sites excluding steroid dienone is 1. The number of amides is 3. The molecule has 1 rings (SSSR count). The Kier molecular flexibility index (Phi) is 25.3. The summed E-state index contributed by atoms with van der Waals surface area (Å²) in [7, 11) is 0. The number of unbranched alkanes of at least 4 members (excludes halogenated alkanes) is 3. The van der Waals surface area contributed by atoms with Gasteiger partial charge in [0.2, 0.25) is 17.7 Å². The summed E-state index contributed by atoms with van der Waals surface area (Å²) < 4.78 is 0. The minimum atomic E-state index is -0.142. The van der Waals surface area contributed by atoms with Crippen LogP contribution in [0.5, 0.6) is 0 Å². The van der Waals surface area contributed by atoms with E-state index in [1.165, 1.54) is 38.5 Å². The second kappa shape index (κ2) is 25.2. The van der Waals surface area contributed by atoms with E-state index < -0.39 is 0 Å². The molecule has 1 saturated carbocycles. The maximum atomic E-state index is 12.3. The average molecular weight is 720 g/mol. The predicted molar refractivity (Wildman–Crippen MR) is 223 cm³/mol. The van der Waals surface area contributed by atoms with Crippen molar-refractivity contribution in [3.05, 3.63) is 12.2 Å². The molecule has 1 aliphatic carbocycles. The summed E-state index contributed by atoms with van der Waals surface area (Å²) in [6, 6.07) is 0. The van der Waals surface area contributed by atoms with Crippen molar-refractivity contribution in [2.24, 2.45) is 29.1 Å². The van der Waals surface area contributed by atoms with Crippen molar-refractivity contribution in [2.75, 3.05) is 0 Å². The van der Waals surface area contributed by atoms with Gasteiger partial charge in [-0.2, -0.15) is 0 Å². The van der Waals surface area contributed by atoms with Crippen LogP contribution in [-0.4, -0.2) is 34.3 Å². The van der Waals surface area contributed by atoms with Crippen LogP contribution < -0.4 is 16.0 Å². The van der Waals surface area contributed by atoms with Crippen molar-refractivity contribution in [2.45, 2.75) is 230 Å². The van der Waals surface area contributed by atoms with E-state index in [9.17, 15) is 14.4 Å². The molecule has 3 atom stereocenters. The third kappa shape index (κ3) is 31.4. The lowest BCUT2D eigenvalue weighted by molar-refractivity contribution is -0.128. The van der Waals surface area contributed by atoms with Gasteiger partial charge in [0.1, 0.15) is 0 Å². The van der Waals surface area contributed by atoms with Crippen molar-refractivity contribution in [1.82, 2.24) is 16.0 Å². The maximum Gasteiger partial charge on any atom is 0.223 e. The Balaban J connectivity index is 0. The molecule has 51 heavy (non-hydrogen) atoms. The first-order chi connectivity index (χ1) is 23.2. The highest BCUT2D eigenvalue weighted by molar-refractivity contribution is 5.80. The summed E-state index contributed by atoms with van der Waals surface area (Å²) in [6.07, 6.45) is 18.2. The van der Waals surface area contributed by atoms with Gasteiger partial charge in [-0.3, -0.25) is 14.4 Å². The number of carbonyl (C=O) groups excluding carboxylic acids is 3. The Labute approximate surface area is 318 Å². The first-order valence-corrected chi connectivity index (χ1v) is 20.8. The maximum absolute atomic E-state index is 12.3. The molecular formula is C45H89N3O3. The van der Waals surface area contributed by atoms with Crippen LogP contribution in [0.2, 0.25) is 0 Å². The molecule has 3 N–H and O–H groups in total. The van der Waals surface area contributed by atoms with E-state index in [0.717, 1.165) is 75.7 Å². The highest BCUT2D eigenvalue weighted by atomic mass is 16.2. The summed E-state index contributed by atoms with van der Waals surface area (Å²) in [5.74, 6) is 1.98. The van der Waals surface area contributed by atoms with Gasteiger partial charge in [-0.1, -0.05) is 111 Å². The number of hydrogen-bond acceptors (Lipinski definition) is 3. The first-order valence-electron chi connectivity index (χ1n) is 20.8. The van der Waals surface area contributed by atoms with Crippen LogP contribution in [0, 0.1) is 29.1 Å². The zero-order valence-corrected chi connectivity index (χ0v) is 37.1. The first kappa shape index (κ1) is 51.3. The highest BCUT2D eigenvalue weighted by Crippen LogP contribution is 2.32. The molecule has 6 nitrogen and oxygen atoms in total. The van der Waals surface area contributed by atoms with Gasteiger partial charge in [-0.05, 0) is 119 Å². The fraction of sp³-hybridized carbons (Fsp3) is 0.889. The lowest BCUT2D eigenvalue weighted by Gasteiger charge is -2.29. The van der Waals surface area contributed by atoms with Gasteiger partial charge in [0, 0.05) is 34.4 Å². The quantitative estimate of drug-likeness (QED) is 0.131. The summed E-state index contributed by atoms with van der Waals surface area (Å²) in [4.78, 5) is 36.6. The number of carbonyl (C=O) groups is 3. The van der Waals surface area contributed by atoms with Crippen molar-refractivity contribution >= 4 is 17.7 Å². The highest BCUT2D eigenvalue weighted by Gasteiger charge is 2.28. The van der Waals surface area contributed by atoms with Crippen LogP contribution in [0.4, 0.5) is 0 Å². The summed E-state index contributed by atoms with van der Waals surface area (Å²) in [5.41, 5.74) is 0.936. The summed E-state index contributed by atoms with van der Waals surface area (Å²) in [6.45, 7) is 37.4. The smallest absolute Gasteiger partial charge is 0.223 e. The molecule has 0 aromatic carbocycles. The minimum absolute atomic E-state index is 0.0941. The Morgan fingerprint density at radius 3 is 1.25 bits per heavy atom. The molecule has 0 heterocycles. The Morgan fingerprint density at radius 2 is 0.922 bits per heavy atom. The average Bonchev–Trinajstić information content (AvgIpc) is 3.46. The lowest BCUT2D eigenvalue weighted by Crippen LogP contribution is -2.44. The van der Waals surface area contributed by atoms with E-state index >= 15 is 0 Å². The molecule has 302 valence electrons. The Bertz CT molecular complexity index is 969. The molecular weight excluding hydrogens is 631 g/mol. The SMILES string of the molecule is C=C(C)CC(CCCC)C(=O)NC(C)(C)C.CCCCC(CC(C)(C)C)C(=O)NC(C)(C)C.CCCCC(CC1CCCC1)C(=O)NC(C)(C)C. The van der Waals surface area contributed by atoms with Gasteiger partial charge in [-0.25, -0.2) is 0 Å². The molecule has 1 fully saturated rings. The van der Waals surface area contributed by atoms with Crippen molar-refractivity contribution in [3.8, 4) is 0 Å². The van der Waals surface area contributed by atoms with Crippen LogP contribution in [0.15, 0.2) is 12.2 Å². The molecule has 0 radical (unpaired) electrons. The van der Waals surface area contributed by atoms with Crippen LogP contribution in [0.3, 0.4) is 0 Å². The third-order valence-electron chi connectivity index (χ3n) is 8.87. The van der Waals surface area contributed by atoms with Crippen LogP contribution in [0.25, 0.3) is 0 Å². The standard InChI is InChI=1S/C16H31NO.C15H31NO.C14H27NO/c1-5-6-11-14(12-13-9-7-8-10-13)15(18)17-16(2,3)4;1-8-9-10-12(11-14(2,3)4)13(17)16-15(5,6)7;1-7-8-9-12(10-11(2)3)13(16)15-14(4,5)6/h13-14H,5-12H2,1-4H3,(H,17,18);12H,8-11H2,1-7H3,(H,16,17);12H,2,7-10H2,1,3-6H3,(H,15,16). The molecule has 0 aromatic heterocycles. The third-order valence-corrected chi connectivity index (χ3v) is 8.87. The number of nitrogens with one attached hydrogen (secondary N) is 3. The monoisotopic (exact) mass is 720 g/mol. The molecule has 0 spiro atoms. The zero-order chi connectivity index (χ0) is 40.1. The van der Waals surface area contributed by atoms with E-state index in [-0.39, 0.29) is 57.5 Å². The van der Waals surface area contributed by atoms with Gasteiger partial charge in [0.05, 0.1) is 0 Å². The predicted octanol–water partition coefficient (Wildman–Crippen LogP) is 12.1. The summed E-state index contributed by atoms with van der Waals surface area (Å²) >= 11 is 0. The van der Waals surface area contributed by atoms with Crippen LogP contribution >= 0.6 is 0 Å². The van der Waals surface area contributed by atoms with Gasteiger partial charge in [0.15, 0.2) is 0 Å². The second-order valence-electron chi connectivity index (χ2n) is 20.0. The minimum Gasteiger partial charge on any atom is -0.351 e. The topological polar surface area (TPSA) is 87.3 Å². The molecule has 6 heteroatoms. The molecule has 3 unspecified atom stereocenters. The van der Waals surface area contributed by atoms with E-state index in [0.29, 0.717) is 0 Å². The van der Waals surface area contributed by atoms with E-state index in [1.807, 2.05) is 48.5 Å². The fourth-order valence-electron chi connectivity index (χ4n) is 6.58. The lowest BCUT2D eigenvalue weighted by atomic mass is 9.81. The molecule has 0 bridgehead atoms. The van der Waals surface area contributed by atoms with Crippen LogP contribution in [0.1, 0.15) is 214 Å². The molecule has 1 aliphatic rings. The van der Waals surface area contributed by atoms with Crippen molar-refractivity contribution in [3.63, 3.8) is 0 Å². The Hall–Kier alpha value is -1.85. The molecule has 0 saturated heterocycles. The normalized spacial score (nSPS) is 15.7. The number of rotatable bonds is 17. The molecule has 0 aliphatic heterocycles. The van der Waals surface area contributed by atoms with Crippen molar-refractivity contribution < 1.29 is 14.4 Å². The van der Waals surface area contributed by atoms with Gasteiger partial charge < -0.3 is 16.0 Å². The molecule has 0 aromatic rings. The van der Waals surface area contributed by atoms with Gasteiger partial charge in [0.25, 0.3) is 0 Å². The van der Waals surface area contributed by atoms with Gasteiger partial charge in [-0.15, -0.1) is 6.58 Å². The van der Waals surface area contributed by atoms with E-state index in [1.54, 1.807) is 0 Å². The second-order valence-corrected chi connectivity index (χ2v) is 20.0. The van der Waals surface area contributed by atoms with Crippen LogP contribution in [-0.2, 0) is 14.4 Å². The van der Waals surface area contributed by atoms with E-state index in [4.69, 9.17) is 0 Å². The molecule has 3 amide bonds. The fourth-order valence-corrected chi connectivity index (χ4v) is 6.58.